The van der Waals surface area contributed by atoms with Gasteiger partial charge in [-0.1, -0.05) is 18.2 Å². The van der Waals surface area contributed by atoms with E-state index >= 15 is 0 Å². The molecule has 0 bridgehead atoms. The number of ketones is 1. The quantitative estimate of drug-likeness (QED) is 0.367. The van der Waals surface area contributed by atoms with Gasteiger partial charge in [0.25, 0.3) is 11.7 Å². The molecule has 3 rings (SSSR count). The minimum Gasteiger partial charge on any atom is -0.494 e. The number of rotatable bonds is 5. The number of benzene rings is 2. The van der Waals surface area contributed by atoms with Crippen LogP contribution < -0.4 is 15.6 Å². The summed E-state index contributed by atoms with van der Waals surface area (Å²) >= 11 is 0. The topological polar surface area (TPSA) is 100 Å². The van der Waals surface area contributed by atoms with E-state index in [2.05, 4.69) is 15.8 Å². The Labute approximate surface area is 155 Å². The molecule has 0 fully saturated rings. The van der Waals surface area contributed by atoms with Gasteiger partial charge < -0.3 is 9.72 Å². The minimum atomic E-state index is -0.915. The first-order valence-corrected chi connectivity index (χ1v) is 8.46. The van der Waals surface area contributed by atoms with Gasteiger partial charge >= 0.3 is 5.91 Å². The normalized spacial score (nSPS) is 10.4. The number of fused-ring (bicyclic) bond motifs is 1. The van der Waals surface area contributed by atoms with E-state index in [1.54, 1.807) is 43.3 Å². The van der Waals surface area contributed by atoms with Gasteiger partial charge in [0, 0.05) is 22.2 Å². The summed E-state index contributed by atoms with van der Waals surface area (Å²) in [5.41, 5.74) is 6.40. The molecular formula is C20H19N3O4. The van der Waals surface area contributed by atoms with Gasteiger partial charge in [0.1, 0.15) is 5.75 Å². The molecule has 3 N–H and O–H groups in total. The van der Waals surface area contributed by atoms with Crippen LogP contribution in [-0.4, -0.2) is 29.2 Å². The van der Waals surface area contributed by atoms with Crippen LogP contribution in [0.4, 0.5) is 0 Å². The summed E-state index contributed by atoms with van der Waals surface area (Å²) in [6.07, 6.45) is 0. The molecule has 7 nitrogen and oxygen atoms in total. The van der Waals surface area contributed by atoms with Crippen molar-refractivity contribution in [1.29, 1.82) is 0 Å². The fourth-order valence-corrected chi connectivity index (χ4v) is 2.79. The van der Waals surface area contributed by atoms with Gasteiger partial charge in [0.05, 0.1) is 12.2 Å². The summed E-state index contributed by atoms with van der Waals surface area (Å²) in [5, 5.41) is 0.660. The SMILES string of the molecule is CCOc1ccc(C(=O)NNC(=O)C(=O)c2c(C)[nH]c3ccccc23)cc1. The van der Waals surface area contributed by atoms with Crippen LogP contribution in [0.15, 0.2) is 48.5 Å². The van der Waals surface area contributed by atoms with Crippen molar-refractivity contribution in [2.75, 3.05) is 6.61 Å². The fraction of sp³-hybridized carbons (Fsp3) is 0.150. The van der Waals surface area contributed by atoms with Crippen LogP contribution in [0.5, 0.6) is 5.75 Å². The Balaban J connectivity index is 1.67. The van der Waals surface area contributed by atoms with Crippen LogP contribution in [0.3, 0.4) is 0 Å². The molecule has 7 heteroatoms. The molecule has 1 aromatic heterocycles. The first-order valence-electron chi connectivity index (χ1n) is 8.46. The van der Waals surface area contributed by atoms with E-state index in [1.807, 2.05) is 19.1 Å². The molecule has 0 aliphatic carbocycles. The number of aromatic nitrogens is 1. The molecule has 27 heavy (non-hydrogen) atoms. The standard InChI is InChI=1S/C20H19N3O4/c1-3-27-14-10-8-13(9-11-14)19(25)22-23-20(26)18(24)17-12(2)21-16-7-5-4-6-15(16)17/h4-11,21H,3H2,1-2H3,(H,22,25)(H,23,26). The molecule has 0 aliphatic heterocycles. The first kappa shape index (κ1) is 18.2. The molecule has 0 atom stereocenters. The predicted molar refractivity (Wildman–Crippen MR) is 101 cm³/mol. The summed E-state index contributed by atoms with van der Waals surface area (Å²) in [4.78, 5) is 39.9. The summed E-state index contributed by atoms with van der Waals surface area (Å²) in [7, 11) is 0. The van der Waals surface area contributed by atoms with Gasteiger partial charge in [-0.3, -0.25) is 25.2 Å². The van der Waals surface area contributed by atoms with Gasteiger partial charge in [0.2, 0.25) is 0 Å². The molecular weight excluding hydrogens is 346 g/mol. The third kappa shape index (κ3) is 3.82. The summed E-state index contributed by atoms with van der Waals surface area (Å²) in [6, 6.07) is 13.7. The van der Waals surface area contributed by atoms with Crippen LogP contribution in [0.25, 0.3) is 10.9 Å². The maximum atomic E-state index is 12.5. The minimum absolute atomic E-state index is 0.290. The number of hydrogen-bond donors (Lipinski definition) is 3. The maximum absolute atomic E-state index is 12.5. The number of aryl methyl sites for hydroxylation is 1. The Hall–Kier alpha value is -3.61. The van der Waals surface area contributed by atoms with E-state index < -0.39 is 17.6 Å². The van der Waals surface area contributed by atoms with Crippen LogP contribution >= 0.6 is 0 Å². The van der Waals surface area contributed by atoms with Gasteiger partial charge in [-0.2, -0.15) is 0 Å². The molecule has 2 aromatic carbocycles. The van der Waals surface area contributed by atoms with Crippen LogP contribution in [0, 0.1) is 6.92 Å². The number of aromatic amines is 1. The number of para-hydroxylation sites is 1. The van der Waals surface area contributed by atoms with Gasteiger partial charge in [0.15, 0.2) is 0 Å². The van der Waals surface area contributed by atoms with E-state index in [0.717, 1.165) is 5.52 Å². The predicted octanol–water partition coefficient (Wildman–Crippen LogP) is 2.52. The first-order chi connectivity index (χ1) is 13.0. The molecule has 0 saturated heterocycles. The van der Waals surface area contributed by atoms with Gasteiger partial charge in [-0.15, -0.1) is 0 Å². The number of amides is 2. The number of ether oxygens (including phenoxy) is 1. The van der Waals surface area contributed by atoms with Crippen molar-refractivity contribution in [3.05, 3.63) is 65.4 Å². The fourth-order valence-electron chi connectivity index (χ4n) is 2.79. The van der Waals surface area contributed by atoms with Gasteiger partial charge in [-0.25, -0.2) is 0 Å². The second-order valence-corrected chi connectivity index (χ2v) is 5.87. The van der Waals surface area contributed by atoms with E-state index in [1.165, 1.54) is 0 Å². The zero-order valence-corrected chi connectivity index (χ0v) is 15.0. The van der Waals surface area contributed by atoms with E-state index in [9.17, 15) is 14.4 Å². The van der Waals surface area contributed by atoms with Crippen LogP contribution in [0.2, 0.25) is 0 Å². The third-order valence-corrected chi connectivity index (χ3v) is 4.04. The monoisotopic (exact) mass is 365 g/mol. The lowest BCUT2D eigenvalue weighted by Crippen LogP contribution is -2.45. The second kappa shape index (κ2) is 7.74. The lowest BCUT2D eigenvalue weighted by atomic mass is 10.1. The Kier molecular flexibility index (Phi) is 5.21. The molecule has 2 amide bonds. The number of carbonyl (C=O) groups excluding carboxylic acids is 3. The zero-order valence-electron chi connectivity index (χ0n) is 15.0. The Morgan fingerprint density at radius 1 is 1.00 bits per heavy atom. The lowest BCUT2D eigenvalue weighted by molar-refractivity contribution is -0.117. The van der Waals surface area contributed by atoms with E-state index in [4.69, 9.17) is 4.74 Å². The molecule has 0 radical (unpaired) electrons. The molecule has 138 valence electrons. The highest BCUT2D eigenvalue weighted by atomic mass is 16.5. The average Bonchev–Trinajstić information content (AvgIpc) is 3.01. The molecule has 0 aliphatic rings. The summed E-state index contributed by atoms with van der Waals surface area (Å²) in [6.45, 7) is 4.11. The molecule has 0 saturated carbocycles. The van der Waals surface area contributed by atoms with Gasteiger partial charge in [-0.05, 0) is 44.2 Å². The zero-order chi connectivity index (χ0) is 19.4. The molecule has 1 heterocycles. The Morgan fingerprint density at radius 2 is 1.70 bits per heavy atom. The largest absolute Gasteiger partial charge is 0.494 e. The molecule has 0 spiro atoms. The number of Topliss-reactive ketones (excluding diaryl/α,β-unsaturated/α-hetero) is 1. The smallest absolute Gasteiger partial charge is 0.310 e. The molecule has 3 aromatic rings. The van der Waals surface area contributed by atoms with E-state index in [-0.39, 0.29) is 0 Å². The van der Waals surface area contributed by atoms with E-state index in [0.29, 0.717) is 34.6 Å². The number of hydrogen-bond acceptors (Lipinski definition) is 4. The number of hydrazine groups is 1. The van der Waals surface area contributed by atoms with Crippen molar-refractivity contribution in [1.82, 2.24) is 15.8 Å². The molecule has 0 unspecified atom stereocenters. The number of carbonyl (C=O) groups is 3. The summed E-state index contributed by atoms with van der Waals surface area (Å²) < 4.78 is 5.31. The second-order valence-electron chi connectivity index (χ2n) is 5.87. The van der Waals surface area contributed by atoms with Crippen molar-refractivity contribution >= 4 is 28.5 Å². The third-order valence-electron chi connectivity index (χ3n) is 4.04. The lowest BCUT2D eigenvalue weighted by Gasteiger charge is -2.08. The average molecular weight is 365 g/mol. The maximum Gasteiger partial charge on any atom is 0.310 e. The van der Waals surface area contributed by atoms with Crippen molar-refractivity contribution < 1.29 is 19.1 Å². The van der Waals surface area contributed by atoms with Crippen molar-refractivity contribution in [3.8, 4) is 5.75 Å². The number of H-pyrrole nitrogens is 1. The van der Waals surface area contributed by atoms with Crippen molar-refractivity contribution in [2.45, 2.75) is 13.8 Å². The highest BCUT2D eigenvalue weighted by Gasteiger charge is 2.23. The summed E-state index contributed by atoms with van der Waals surface area (Å²) in [5.74, 6) is -1.53. The Bertz CT molecular complexity index is 1010. The number of nitrogens with one attached hydrogen (secondary N) is 3. The van der Waals surface area contributed by atoms with Crippen molar-refractivity contribution in [2.24, 2.45) is 0 Å². The Morgan fingerprint density at radius 3 is 2.41 bits per heavy atom. The van der Waals surface area contributed by atoms with Crippen molar-refractivity contribution in [3.63, 3.8) is 0 Å². The highest BCUT2D eigenvalue weighted by molar-refractivity contribution is 6.45. The van der Waals surface area contributed by atoms with Crippen LogP contribution in [0.1, 0.15) is 33.3 Å². The van der Waals surface area contributed by atoms with Crippen LogP contribution in [-0.2, 0) is 4.79 Å². The highest BCUT2D eigenvalue weighted by Crippen LogP contribution is 2.22.